The highest BCUT2D eigenvalue weighted by Crippen LogP contribution is 2.33. The van der Waals surface area contributed by atoms with E-state index in [9.17, 15) is 0 Å². The van der Waals surface area contributed by atoms with E-state index in [0.717, 1.165) is 19.1 Å². The average molecular weight is 302 g/mol. The molecular formula is C19H30N2O. The second-order valence-corrected chi connectivity index (χ2v) is 6.82. The van der Waals surface area contributed by atoms with Crippen molar-refractivity contribution in [3.05, 3.63) is 35.9 Å². The van der Waals surface area contributed by atoms with Crippen molar-refractivity contribution in [1.82, 2.24) is 10.6 Å². The van der Waals surface area contributed by atoms with Gasteiger partial charge in [0.2, 0.25) is 0 Å². The lowest BCUT2D eigenvalue weighted by Crippen LogP contribution is -2.53. The zero-order valence-corrected chi connectivity index (χ0v) is 13.8. The molecule has 1 heterocycles. The first kappa shape index (κ1) is 16.0. The minimum atomic E-state index is 0.459. The van der Waals surface area contributed by atoms with Crippen LogP contribution in [0.3, 0.4) is 0 Å². The van der Waals surface area contributed by atoms with E-state index < -0.39 is 0 Å². The number of hydrogen-bond acceptors (Lipinski definition) is 3. The van der Waals surface area contributed by atoms with E-state index in [0.29, 0.717) is 18.2 Å². The Kier molecular flexibility index (Phi) is 5.88. The van der Waals surface area contributed by atoms with Crippen molar-refractivity contribution in [2.45, 2.75) is 62.6 Å². The average Bonchev–Trinajstić information content (AvgIpc) is 2.61. The SMILES string of the molecule is CNC1CCCNC1COC1CCC(c2ccccc2)CC1. The zero-order valence-electron chi connectivity index (χ0n) is 13.8. The predicted octanol–water partition coefficient (Wildman–Crippen LogP) is 3.07. The van der Waals surface area contributed by atoms with E-state index in [4.69, 9.17) is 4.74 Å². The maximum atomic E-state index is 6.24. The molecule has 2 unspecified atom stereocenters. The maximum absolute atomic E-state index is 6.24. The number of nitrogens with one attached hydrogen (secondary N) is 2. The summed E-state index contributed by atoms with van der Waals surface area (Å²) in [5.41, 5.74) is 1.50. The Labute approximate surface area is 134 Å². The van der Waals surface area contributed by atoms with Crippen molar-refractivity contribution >= 4 is 0 Å². The highest BCUT2D eigenvalue weighted by Gasteiger charge is 2.27. The van der Waals surface area contributed by atoms with Gasteiger partial charge in [-0.25, -0.2) is 0 Å². The van der Waals surface area contributed by atoms with Crippen LogP contribution in [0, 0.1) is 0 Å². The third-order valence-electron chi connectivity index (χ3n) is 5.41. The molecule has 3 heteroatoms. The Balaban J connectivity index is 1.42. The summed E-state index contributed by atoms with van der Waals surface area (Å²) < 4.78 is 6.24. The Morgan fingerprint density at radius 1 is 1.09 bits per heavy atom. The van der Waals surface area contributed by atoms with E-state index in [2.05, 4.69) is 48.0 Å². The molecule has 122 valence electrons. The first-order valence-corrected chi connectivity index (χ1v) is 8.94. The second kappa shape index (κ2) is 8.09. The lowest BCUT2D eigenvalue weighted by Gasteiger charge is -2.35. The second-order valence-electron chi connectivity index (χ2n) is 6.82. The minimum Gasteiger partial charge on any atom is -0.377 e. The van der Waals surface area contributed by atoms with Gasteiger partial charge in [-0.3, -0.25) is 0 Å². The van der Waals surface area contributed by atoms with Gasteiger partial charge in [-0.2, -0.15) is 0 Å². The van der Waals surface area contributed by atoms with Gasteiger partial charge in [0.15, 0.2) is 0 Å². The lowest BCUT2D eigenvalue weighted by atomic mass is 9.83. The largest absolute Gasteiger partial charge is 0.377 e. The van der Waals surface area contributed by atoms with Gasteiger partial charge in [0.05, 0.1) is 12.7 Å². The topological polar surface area (TPSA) is 33.3 Å². The molecule has 2 atom stereocenters. The lowest BCUT2D eigenvalue weighted by molar-refractivity contribution is 0.00427. The quantitative estimate of drug-likeness (QED) is 0.877. The summed E-state index contributed by atoms with van der Waals surface area (Å²) in [6.07, 6.45) is 7.93. The third-order valence-corrected chi connectivity index (χ3v) is 5.41. The minimum absolute atomic E-state index is 0.459. The highest BCUT2D eigenvalue weighted by molar-refractivity contribution is 5.19. The van der Waals surface area contributed by atoms with Gasteiger partial charge in [-0.1, -0.05) is 30.3 Å². The van der Waals surface area contributed by atoms with E-state index >= 15 is 0 Å². The number of benzene rings is 1. The van der Waals surface area contributed by atoms with Crippen LogP contribution in [0.5, 0.6) is 0 Å². The Morgan fingerprint density at radius 2 is 1.86 bits per heavy atom. The van der Waals surface area contributed by atoms with Crippen LogP contribution in [0.25, 0.3) is 0 Å². The molecule has 1 aliphatic heterocycles. The molecule has 3 rings (SSSR count). The molecule has 0 spiro atoms. The normalized spacial score (nSPS) is 32.8. The summed E-state index contributed by atoms with van der Waals surface area (Å²) in [5.74, 6) is 0.735. The smallest absolute Gasteiger partial charge is 0.0638 e. The van der Waals surface area contributed by atoms with Gasteiger partial charge >= 0.3 is 0 Å². The van der Waals surface area contributed by atoms with Crippen LogP contribution >= 0.6 is 0 Å². The molecule has 1 saturated carbocycles. The van der Waals surface area contributed by atoms with Crippen LogP contribution in [0.15, 0.2) is 30.3 Å². The molecular weight excluding hydrogens is 272 g/mol. The molecule has 0 radical (unpaired) electrons. The fourth-order valence-corrected chi connectivity index (χ4v) is 4.00. The molecule has 1 aromatic carbocycles. The summed E-state index contributed by atoms with van der Waals surface area (Å²) >= 11 is 0. The van der Waals surface area contributed by atoms with Crippen LogP contribution in [0.2, 0.25) is 0 Å². The van der Waals surface area contributed by atoms with Crippen molar-refractivity contribution in [3.63, 3.8) is 0 Å². The van der Waals surface area contributed by atoms with E-state index in [1.807, 2.05) is 0 Å². The Bertz CT molecular complexity index is 428. The molecule has 0 amide bonds. The van der Waals surface area contributed by atoms with Crippen LogP contribution in [-0.2, 0) is 4.74 Å². The van der Waals surface area contributed by atoms with Crippen molar-refractivity contribution < 1.29 is 4.74 Å². The summed E-state index contributed by atoms with van der Waals surface area (Å²) in [6, 6.07) is 12.0. The molecule has 1 aliphatic carbocycles. The van der Waals surface area contributed by atoms with E-state index in [1.165, 1.54) is 44.1 Å². The monoisotopic (exact) mass is 302 g/mol. The predicted molar refractivity (Wildman–Crippen MR) is 91.3 cm³/mol. The van der Waals surface area contributed by atoms with Crippen molar-refractivity contribution in [3.8, 4) is 0 Å². The molecule has 2 aliphatic rings. The summed E-state index contributed by atoms with van der Waals surface area (Å²) in [5, 5.41) is 7.03. The van der Waals surface area contributed by atoms with Gasteiger partial charge in [0.25, 0.3) is 0 Å². The summed E-state index contributed by atoms with van der Waals surface area (Å²) in [4.78, 5) is 0. The van der Waals surface area contributed by atoms with Gasteiger partial charge < -0.3 is 15.4 Å². The van der Waals surface area contributed by atoms with Crippen LogP contribution in [-0.4, -0.2) is 38.4 Å². The van der Waals surface area contributed by atoms with Gasteiger partial charge in [0, 0.05) is 12.1 Å². The van der Waals surface area contributed by atoms with Crippen LogP contribution < -0.4 is 10.6 Å². The van der Waals surface area contributed by atoms with Gasteiger partial charge in [0.1, 0.15) is 0 Å². The standard InChI is InChI=1S/C19H30N2O/c1-20-18-8-5-13-21-19(18)14-22-17-11-9-16(10-12-17)15-6-3-2-4-7-15/h2-4,6-7,16-21H,5,8-14H2,1H3. The Hall–Kier alpha value is -0.900. The molecule has 2 N–H and O–H groups in total. The summed E-state index contributed by atoms with van der Waals surface area (Å²) in [7, 11) is 2.07. The number of ether oxygens (including phenoxy) is 1. The molecule has 0 bridgehead atoms. The first-order chi connectivity index (χ1) is 10.9. The van der Waals surface area contributed by atoms with Crippen LogP contribution in [0.4, 0.5) is 0 Å². The number of piperidine rings is 1. The maximum Gasteiger partial charge on any atom is 0.0638 e. The van der Waals surface area contributed by atoms with Gasteiger partial charge in [-0.05, 0) is 63.6 Å². The fourth-order valence-electron chi connectivity index (χ4n) is 4.00. The van der Waals surface area contributed by atoms with Crippen molar-refractivity contribution in [2.75, 3.05) is 20.2 Å². The fraction of sp³-hybridized carbons (Fsp3) is 0.684. The molecule has 3 nitrogen and oxygen atoms in total. The molecule has 22 heavy (non-hydrogen) atoms. The molecule has 0 aromatic heterocycles. The number of likely N-dealkylation sites (N-methyl/N-ethyl adjacent to an activating group) is 1. The highest BCUT2D eigenvalue weighted by atomic mass is 16.5. The van der Waals surface area contributed by atoms with E-state index in [1.54, 1.807) is 0 Å². The van der Waals surface area contributed by atoms with E-state index in [-0.39, 0.29) is 0 Å². The first-order valence-electron chi connectivity index (χ1n) is 8.94. The molecule has 1 aromatic rings. The third kappa shape index (κ3) is 4.09. The number of hydrogen-bond donors (Lipinski definition) is 2. The van der Waals surface area contributed by atoms with Crippen molar-refractivity contribution in [2.24, 2.45) is 0 Å². The Morgan fingerprint density at radius 3 is 2.59 bits per heavy atom. The zero-order chi connectivity index (χ0) is 15.2. The number of rotatable bonds is 5. The molecule has 1 saturated heterocycles. The van der Waals surface area contributed by atoms with Crippen molar-refractivity contribution in [1.29, 1.82) is 0 Å². The summed E-state index contributed by atoms with van der Waals surface area (Å²) in [6.45, 7) is 1.99. The molecule has 2 fully saturated rings. The van der Waals surface area contributed by atoms with Crippen LogP contribution in [0.1, 0.15) is 50.0 Å². The van der Waals surface area contributed by atoms with Gasteiger partial charge in [-0.15, -0.1) is 0 Å².